The SMILES string of the molecule is COc1ccc(C2=NC(=Cc3ccccc3OC(C)=O)C(=O)O2)cc1Br. The number of esters is 2. The van der Waals surface area contributed by atoms with Crippen molar-refractivity contribution in [2.24, 2.45) is 4.99 Å². The van der Waals surface area contributed by atoms with E-state index in [2.05, 4.69) is 20.9 Å². The molecule has 7 heteroatoms. The van der Waals surface area contributed by atoms with Gasteiger partial charge in [-0.05, 0) is 46.3 Å². The van der Waals surface area contributed by atoms with Gasteiger partial charge in [0.05, 0.1) is 11.6 Å². The van der Waals surface area contributed by atoms with Crippen molar-refractivity contribution in [2.45, 2.75) is 6.92 Å². The highest BCUT2D eigenvalue weighted by atomic mass is 79.9. The summed E-state index contributed by atoms with van der Waals surface area (Å²) in [6, 6.07) is 12.1. The summed E-state index contributed by atoms with van der Waals surface area (Å²) in [5.41, 5.74) is 1.30. The van der Waals surface area contributed by atoms with E-state index in [1.54, 1.807) is 49.6 Å². The number of aliphatic imine (C=N–C) groups is 1. The lowest BCUT2D eigenvalue weighted by Crippen LogP contribution is -2.05. The molecule has 3 rings (SSSR count). The quantitative estimate of drug-likeness (QED) is 0.432. The summed E-state index contributed by atoms with van der Waals surface area (Å²) in [7, 11) is 1.56. The Labute approximate surface area is 158 Å². The summed E-state index contributed by atoms with van der Waals surface area (Å²) in [5.74, 6) is 0.164. The highest BCUT2D eigenvalue weighted by Crippen LogP contribution is 2.28. The number of benzene rings is 2. The molecule has 1 aliphatic rings. The number of hydrogen-bond acceptors (Lipinski definition) is 6. The van der Waals surface area contributed by atoms with E-state index in [9.17, 15) is 9.59 Å². The molecule has 0 atom stereocenters. The van der Waals surface area contributed by atoms with Crippen molar-refractivity contribution < 1.29 is 23.8 Å². The average molecular weight is 416 g/mol. The predicted octanol–water partition coefficient (Wildman–Crippen LogP) is 3.73. The van der Waals surface area contributed by atoms with Gasteiger partial charge in [0.15, 0.2) is 5.70 Å². The maximum Gasteiger partial charge on any atom is 0.363 e. The van der Waals surface area contributed by atoms with Gasteiger partial charge in [0.1, 0.15) is 11.5 Å². The minimum atomic E-state index is -0.579. The van der Waals surface area contributed by atoms with Crippen LogP contribution in [-0.4, -0.2) is 24.9 Å². The number of ether oxygens (including phenoxy) is 3. The first kappa shape index (κ1) is 17.9. The molecule has 6 nitrogen and oxygen atoms in total. The Morgan fingerprint density at radius 3 is 2.65 bits per heavy atom. The molecule has 0 amide bonds. The number of hydrogen-bond donors (Lipinski definition) is 0. The van der Waals surface area contributed by atoms with Gasteiger partial charge in [-0.3, -0.25) is 4.79 Å². The molecule has 0 bridgehead atoms. The molecular weight excluding hydrogens is 402 g/mol. The second kappa shape index (κ2) is 7.53. The van der Waals surface area contributed by atoms with Crippen LogP contribution in [0.5, 0.6) is 11.5 Å². The zero-order chi connectivity index (χ0) is 18.7. The summed E-state index contributed by atoms with van der Waals surface area (Å²) < 4.78 is 16.3. The van der Waals surface area contributed by atoms with Gasteiger partial charge in [-0.1, -0.05) is 18.2 Å². The number of carbonyl (C=O) groups excluding carboxylic acids is 2. The van der Waals surface area contributed by atoms with Gasteiger partial charge in [0, 0.05) is 18.1 Å². The Bertz CT molecular complexity index is 949. The maximum atomic E-state index is 12.2. The van der Waals surface area contributed by atoms with E-state index in [1.165, 1.54) is 13.0 Å². The minimum absolute atomic E-state index is 0.117. The van der Waals surface area contributed by atoms with Crippen LogP contribution in [0.25, 0.3) is 6.08 Å². The third-order valence-electron chi connectivity index (χ3n) is 3.48. The highest BCUT2D eigenvalue weighted by molar-refractivity contribution is 9.10. The van der Waals surface area contributed by atoms with Gasteiger partial charge in [-0.15, -0.1) is 0 Å². The number of methoxy groups -OCH3 is 1. The van der Waals surface area contributed by atoms with Crippen LogP contribution in [0.3, 0.4) is 0 Å². The molecule has 132 valence electrons. The summed E-state index contributed by atoms with van der Waals surface area (Å²) in [6.45, 7) is 1.31. The molecule has 0 saturated heterocycles. The van der Waals surface area contributed by atoms with E-state index in [0.717, 1.165) is 0 Å². The van der Waals surface area contributed by atoms with Gasteiger partial charge in [0.2, 0.25) is 5.90 Å². The first-order chi connectivity index (χ1) is 12.5. The Kier molecular flexibility index (Phi) is 5.18. The number of nitrogens with zero attached hydrogens (tertiary/aromatic N) is 1. The van der Waals surface area contributed by atoms with Crippen LogP contribution >= 0.6 is 15.9 Å². The molecule has 2 aromatic rings. The number of halogens is 1. The fourth-order valence-electron chi connectivity index (χ4n) is 2.33. The zero-order valence-corrected chi connectivity index (χ0v) is 15.6. The molecule has 2 aromatic carbocycles. The molecule has 0 aliphatic carbocycles. The van der Waals surface area contributed by atoms with Crippen LogP contribution in [-0.2, 0) is 14.3 Å². The maximum absolute atomic E-state index is 12.2. The predicted molar refractivity (Wildman–Crippen MR) is 99.1 cm³/mol. The molecule has 0 spiro atoms. The lowest BCUT2D eigenvalue weighted by atomic mass is 10.1. The fourth-order valence-corrected chi connectivity index (χ4v) is 2.87. The van der Waals surface area contributed by atoms with Crippen molar-refractivity contribution in [1.82, 2.24) is 0 Å². The molecule has 0 unspecified atom stereocenters. The van der Waals surface area contributed by atoms with Gasteiger partial charge in [-0.25, -0.2) is 9.79 Å². The molecule has 26 heavy (non-hydrogen) atoms. The third-order valence-corrected chi connectivity index (χ3v) is 4.10. The molecule has 1 aliphatic heterocycles. The van der Waals surface area contributed by atoms with Crippen molar-refractivity contribution >= 4 is 39.8 Å². The first-order valence-corrected chi connectivity index (χ1v) is 8.41. The van der Waals surface area contributed by atoms with E-state index in [0.29, 0.717) is 27.1 Å². The number of carbonyl (C=O) groups is 2. The molecule has 0 aromatic heterocycles. The molecule has 0 radical (unpaired) electrons. The van der Waals surface area contributed by atoms with Gasteiger partial charge in [-0.2, -0.15) is 0 Å². The third kappa shape index (κ3) is 3.83. The van der Waals surface area contributed by atoms with Gasteiger partial charge in [0.25, 0.3) is 0 Å². The molecule has 1 heterocycles. The summed E-state index contributed by atoms with van der Waals surface area (Å²) in [6.07, 6.45) is 1.52. The van der Waals surface area contributed by atoms with E-state index in [1.807, 2.05) is 0 Å². The lowest BCUT2D eigenvalue weighted by molar-refractivity contribution is -0.132. The van der Waals surface area contributed by atoms with Crippen LogP contribution in [0.4, 0.5) is 0 Å². The second-order valence-electron chi connectivity index (χ2n) is 5.32. The topological polar surface area (TPSA) is 74.2 Å². The van der Waals surface area contributed by atoms with Crippen LogP contribution < -0.4 is 9.47 Å². The largest absolute Gasteiger partial charge is 0.496 e. The number of para-hydroxylation sites is 1. The smallest absolute Gasteiger partial charge is 0.363 e. The molecule has 0 N–H and O–H groups in total. The number of rotatable bonds is 4. The highest BCUT2D eigenvalue weighted by Gasteiger charge is 2.25. The Morgan fingerprint density at radius 1 is 1.19 bits per heavy atom. The van der Waals surface area contributed by atoms with Crippen molar-refractivity contribution in [1.29, 1.82) is 0 Å². The van der Waals surface area contributed by atoms with Crippen LogP contribution in [0.15, 0.2) is 57.6 Å². The zero-order valence-electron chi connectivity index (χ0n) is 14.0. The molecule has 0 fully saturated rings. The summed E-state index contributed by atoms with van der Waals surface area (Å²) in [4.78, 5) is 27.6. The Balaban J connectivity index is 1.95. The van der Waals surface area contributed by atoms with E-state index >= 15 is 0 Å². The summed E-state index contributed by atoms with van der Waals surface area (Å²) in [5, 5.41) is 0. The van der Waals surface area contributed by atoms with Crippen molar-refractivity contribution in [3.8, 4) is 11.5 Å². The normalized spacial score (nSPS) is 14.8. The van der Waals surface area contributed by atoms with E-state index in [-0.39, 0.29) is 11.6 Å². The Morgan fingerprint density at radius 2 is 1.96 bits per heavy atom. The minimum Gasteiger partial charge on any atom is -0.496 e. The monoisotopic (exact) mass is 415 g/mol. The van der Waals surface area contributed by atoms with E-state index in [4.69, 9.17) is 14.2 Å². The van der Waals surface area contributed by atoms with Gasteiger partial charge < -0.3 is 14.2 Å². The van der Waals surface area contributed by atoms with Crippen LogP contribution in [0, 0.1) is 0 Å². The van der Waals surface area contributed by atoms with Crippen LogP contribution in [0.2, 0.25) is 0 Å². The average Bonchev–Trinajstić information content (AvgIpc) is 2.97. The summed E-state index contributed by atoms with van der Waals surface area (Å²) >= 11 is 3.39. The molecule has 0 saturated carbocycles. The van der Waals surface area contributed by atoms with E-state index < -0.39 is 11.9 Å². The van der Waals surface area contributed by atoms with Crippen LogP contribution in [0.1, 0.15) is 18.1 Å². The van der Waals surface area contributed by atoms with Crippen molar-refractivity contribution in [3.05, 3.63) is 63.8 Å². The Hall–Kier alpha value is -2.93. The lowest BCUT2D eigenvalue weighted by Gasteiger charge is -2.05. The van der Waals surface area contributed by atoms with Crippen molar-refractivity contribution in [2.75, 3.05) is 7.11 Å². The van der Waals surface area contributed by atoms with Crippen molar-refractivity contribution in [3.63, 3.8) is 0 Å². The fraction of sp³-hybridized carbons (Fsp3) is 0.105. The second-order valence-corrected chi connectivity index (χ2v) is 6.17. The van der Waals surface area contributed by atoms with Gasteiger partial charge >= 0.3 is 11.9 Å². The first-order valence-electron chi connectivity index (χ1n) is 7.62. The number of cyclic esters (lactones) is 1. The standard InChI is InChI=1S/C19H14BrNO5/c1-11(22)25-16-6-4-3-5-12(16)10-15-19(23)26-18(21-15)13-7-8-17(24-2)14(20)9-13/h3-10H,1-2H3. The molecular formula is C19H14BrNO5.